The van der Waals surface area contributed by atoms with E-state index in [0.717, 1.165) is 75.6 Å². The van der Waals surface area contributed by atoms with Crippen LogP contribution in [0.4, 0.5) is 5.00 Å². The van der Waals surface area contributed by atoms with Crippen LogP contribution in [-0.4, -0.2) is 57.7 Å². The lowest BCUT2D eigenvalue weighted by molar-refractivity contribution is 0.0977. The van der Waals surface area contributed by atoms with Gasteiger partial charge in [0.25, 0.3) is 0 Å². The van der Waals surface area contributed by atoms with Crippen LogP contribution in [0, 0.1) is 16.7 Å². The molecular weight excluding hydrogens is 635 g/mol. The predicted molar refractivity (Wildman–Crippen MR) is 213 cm³/mol. The van der Waals surface area contributed by atoms with Crippen molar-refractivity contribution in [1.82, 2.24) is 19.8 Å². The summed E-state index contributed by atoms with van der Waals surface area (Å²) in [5.74, 6) is 1.15. The topological polar surface area (TPSA) is 106 Å². The Balaban J connectivity index is 0.00000136. The minimum absolute atomic E-state index is 0.122. The lowest BCUT2D eigenvalue weighted by Crippen LogP contribution is -2.45. The number of nitrogen functional groups attached to an aromatic ring is 1. The Hall–Kier alpha value is -2.60. The first-order chi connectivity index (χ1) is 24.3. The van der Waals surface area contributed by atoms with Gasteiger partial charge in [-0.25, -0.2) is 9.97 Å². The van der Waals surface area contributed by atoms with E-state index in [0.29, 0.717) is 40.1 Å². The van der Waals surface area contributed by atoms with Crippen LogP contribution >= 0.6 is 11.3 Å². The Labute approximate surface area is 308 Å². The number of thiophene rings is 1. The van der Waals surface area contributed by atoms with Gasteiger partial charge in [-0.2, -0.15) is 5.26 Å². The fourth-order valence-electron chi connectivity index (χ4n) is 8.71. The number of anilines is 1. The third kappa shape index (κ3) is 8.70. The molecule has 8 heteroatoms. The number of likely N-dealkylation sites (tertiary alicyclic amines) is 1. The van der Waals surface area contributed by atoms with Gasteiger partial charge in [0.15, 0.2) is 5.82 Å². The zero-order valence-corrected chi connectivity index (χ0v) is 33.6. The Morgan fingerprint density at radius 3 is 2.40 bits per heavy atom. The summed E-state index contributed by atoms with van der Waals surface area (Å²) in [4.78, 5) is 17.3. The second kappa shape index (κ2) is 19.3. The number of aromatic nitrogens is 2. The first-order valence-corrected chi connectivity index (χ1v) is 21.1. The predicted octanol–water partition coefficient (Wildman–Crippen LogP) is 10.3. The average Bonchev–Trinajstić information content (AvgIpc) is 3.69. The number of nitriles is 1. The van der Waals surface area contributed by atoms with E-state index in [2.05, 4.69) is 43.7 Å². The maximum Gasteiger partial charge on any atom is 0.178 e. The van der Waals surface area contributed by atoms with Crippen molar-refractivity contribution in [3.63, 3.8) is 0 Å². The molecule has 2 fully saturated rings. The van der Waals surface area contributed by atoms with Crippen molar-refractivity contribution >= 4 is 22.0 Å². The minimum Gasteiger partial charge on any atom is -0.389 e. The highest BCUT2D eigenvalue weighted by Crippen LogP contribution is 2.46. The van der Waals surface area contributed by atoms with Gasteiger partial charge in [0.1, 0.15) is 16.8 Å². The molecule has 0 bridgehead atoms. The van der Waals surface area contributed by atoms with Gasteiger partial charge in [0, 0.05) is 53.1 Å². The smallest absolute Gasteiger partial charge is 0.178 e. The van der Waals surface area contributed by atoms with Crippen LogP contribution in [0.3, 0.4) is 0 Å². The number of nitrogens with two attached hydrogens (primary N) is 1. The summed E-state index contributed by atoms with van der Waals surface area (Å²) in [7, 11) is 2.27. The van der Waals surface area contributed by atoms with E-state index in [1.165, 1.54) is 78.9 Å². The normalized spacial score (nSPS) is 22.5. The van der Waals surface area contributed by atoms with E-state index in [1.807, 2.05) is 27.7 Å². The third-order valence-electron chi connectivity index (χ3n) is 11.6. The number of fused-ring (bicyclic) bond motifs is 2. The molecule has 7 nitrogen and oxygen atoms in total. The Bertz CT molecular complexity index is 1500. The van der Waals surface area contributed by atoms with Crippen LogP contribution in [0.25, 0.3) is 0 Å². The molecule has 2 aromatic rings. The lowest BCUT2D eigenvalue weighted by atomic mass is 9.78. The second-order valence-corrected chi connectivity index (χ2v) is 15.7. The molecule has 50 heavy (non-hydrogen) atoms. The summed E-state index contributed by atoms with van der Waals surface area (Å²) >= 11 is 1.59. The molecule has 4 heterocycles. The quantitative estimate of drug-likeness (QED) is 0.213. The number of nitrogens with zero attached hydrogens (tertiary/aromatic N) is 5. The zero-order valence-electron chi connectivity index (χ0n) is 32.8. The first kappa shape index (κ1) is 40.2. The molecule has 4 aliphatic rings. The van der Waals surface area contributed by atoms with Gasteiger partial charge >= 0.3 is 0 Å². The molecule has 3 atom stereocenters. The number of allylic oxidation sites excluding steroid dienone is 2. The van der Waals surface area contributed by atoms with Crippen LogP contribution in [0.2, 0.25) is 0 Å². The second-order valence-electron chi connectivity index (χ2n) is 14.5. The van der Waals surface area contributed by atoms with Crippen molar-refractivity contribution < 1.29 is 0 Å². The number of unbranched alkanes of at least 4 members (excludes halogenated alkanes) is 1. The highest BCUT2D eigenvalue weighted by Gasteiger charge is 2.36. The number of aryl methyl sites for hydroxylation is 2. The summed E-state index contributed by atoms with van der Waals surface area (Å²) < 4.78 is 0. The molecule has 0 spiro atoms. The number of nitrogens with one attached hydrogen (secondary N) is 1. The Kier molecular flexibility index (Phi) is 15.5. The molecule has 2 aliphatic heterocycles. The summed E-state index contributed by atoms with van der Waals surface area (Å²) in [6.45, 7) is 17.9. The fourth-order valence-corrected chi connectivity index (χ4v) is 9.83. The van der Waals surface area contributed by atoms with Crippen LogP contribution < -0.4 is 5.73 Å². The average molecular weight is 702 g/mol. The molecule has 2 aliphatic carbocycles. The van der Waals surface area contributed by atoms with Crippen LogP contribution in [0.1, 0.15) is 183 Å². The van der Waals surface area contributed by atoms with Gasteiger partial charge in [-0.1, -0.05) is 72.8 Å². The minimum atomic E-state index is 0.122. The standard InChI is InChI=1S/C38H55N7S.2C2H6/c1-5-7-12-25-22-45(27-13-8-14-27)23-31-32(19-18-26-15-10-20-44(26)4)42-38(43-36(25)31)35(40)29(11-6-2)24(3)28-16-9-17-33-34(28)30(21-39)37(41)46-33;2*1-2/h25-28,40H,5-20,22-23,41H2,1-4H3;2*1-2H3/b29-24+,40-35?;;/t25-,26?,28?;;/m0../s1. The fraction of sp³-hybridized carbons (Fsp3) is 0.714. The third-order valence-corrected chi connectivity index (χ3v) is 12.7. The van der Waals surface area contributed by atoms with E-state index < -0.39 is 0 Å². The van der Waals surface area contributed by atoms with Gasteiger partial charge in [-0.15, -0.1) is 11.3 Å². The molecule has 0 aromatic carbocycles. The molecule has 276 valence electrons. The highest BCUT2D eigenvalue weighted by atomic mass is 32.1. The summed E-state index contributed by atoms with van der Waals surface area (Å²) in [5.41, 5.74) is 14.7. The Morgan fingerprint density at radius 1 is 1.02 bits per heavy atom. The van der Waals surface area contributed by atoms with Crippen molar-refractivity contribution in [1.29, 1.82) is 10.7 Å². The van der Waals surface area contributed by atoms with Crippen molar-refractivity contribution in [2.45, 2.75) is 175 Å². The first-order valence-electron chi connectivity index (χ1n) is 20.3. The van der Waals surface area contributed by atoms with Gasteiger partial charge in [-0.05, 0) is 102 Å². The van der Waals surface area contributed by atoms with E-state index >= 15 is 0 Å². The van der Waals surface area contributed by atoms with E-state index in [1.54, 1.807) is 11.3 Å². The lowest BCUT2D eigenvalue weighted by Gasteiger charge is -2.43. The van der Waals surface area contributed by atoms with E-state index in [9.17, 15) is 10.7 Å². The van der Waals surface area contributed by atoms with Crippen molar-refractivity contribution in [2.24, 2.45) is 0 Å². The molecule has 3 N–H and O–H groups in total. The molecule has 2 aromatic heterocycles. The largest absolute Gasteiger partial charge is 0.389 e. The van der Waals surface area contributed by atoms with E-state index in [4.69, 9.17) is 15.7 Å². The molecule has 1 saturated carbocycles. The monoisotopic (exact) mass is 702 g/mol. The number of hydrogen-bond donors (Lipinski definition) is 2. The number of rotatable bonds is 12. The summed E-state index contributed by atoms with van der Waals surface area (Å²) in [6.07, 6.45) is 17.0. The van der Waals surface area contributed by atoms with Gasteiger partial charge in [0.05, 0.1) is 11.3 Å². The van der Waals surface area contributed by atoms with Gasteiger partial charge in [0.2, 0.25) is 0 Å². The molecule has 6 rings (SSSR count). The van der Waals surface area contributed by atoms with Gasteiger partial charge in [-0.3, -0.25) is 10.3 Å². The van der Waals surface area contributed by atoms with Crippen LogP contribution in [-0.2, 0) is 19.4 Å². The highest BCUT2D eigenvalue weighted by molar-refractivity contribution is 7.16. The molecule has 0 radical (unpaired) electrons. The molecule has 2 unspecified atom stereocenters. The maximum absolute atomic E-state index is 10.0. The Morgan fingerprint density at radius 2 is 1.78 bits per heavy atom. The SMILES string of the molecule is CC.CC.CCCC[C@H]1CN(C2CCC2)Cc2c(CCC3CCCN3C)nc(C(=N)/C(CCC)=C(\C)C3CCCc4sc(N)c(C#N)c43)nc21. The van der Waals surface area contributed by atoms with Crippen LogP contribution in [0.15, 0.2) is 11.1 Å². The maximum atomic E-state index is 10.0. The molecular formula is C42H67N7S. The summed E-state index contributed by atoms with van der Waals surface area (Å²) in [6, 6.07) is 3.74. The molecule has 0 amide bonds. The van der Waals surface area contributed by atoms with E-state index in [-0.39, 0.29) is 5.92 Å². The summed E-state index contributed by atoms with van der Waals surface area (Å²) in [5, 5.41) is 20.4. The molecule has 1 saturated heterocycles. The zero-order chi connectivity index (χ0) is 36.4. The number of hydrogen-bond acceptors (Lipinski definition) is 8. The van der Waals surface area contributed by atoms with Crippen LogP contribution in [0.5, 0.6) is 0 Å². The van der Waals surface area contributed by atoms with Crippen molar-refractivity contribution in [3.05, 3.63) is 49.9 Å². The van der Waals surface area contributed by atoms with Crippen molar-refractivity contribution in [3.8, 4) is 6.07 Å². The van der Waals surface area contributed by atoms with Gasteiger partial charge < -0.3 is 10.6 Å². The van der Waals surface area contributed by atoms with Crippen molar-refractivity contribution in [2.75, 3.05) is 25.9 Å².